The van der Waals surface area contributed by atoms with Crippen molar-refractivity contribution in [1.29, 1.82) is 0 Å². The Balaban J connectivity index is 0.000000251. The van der Waals surface area contributed by atoms with E-state index in [4.69, 9.17) is 36.9 Å². The van der Waals surface area contributed by atoms with Gasteiger partial charge in [-0.3, -0.25) is 19.2 Å². The number of halogens is 10. The van der Waals surface area contributed by atoms with E-state index >= 15 is 14.0 Å². The fourth-order valence-corrected chi connectivity index (χ4v) is 13.5. The number of benzene rings is 8. The third kappa shape index (κ3) is 19.6. The molecule has 2 aliphatic heterocycles. The maximum absolute atomic E-state index is 15.2. The number of rotatable bonds is 24. The Morgan fingerprint density at radius 3 is 1.29 bits per heavy atom. The molecule has 2 amide bonds. The summed E-state index contributed by atoms with van der Waals surface area (Å²) in [5.41, 5.74) is -7.70. The fraction of sp³-hybridized carbons (Fsp3) is 0.317. The minimum atomic E-state index is -4.57. The lowest BCUT2D eigenvalue weighted by atomic mass is 10.00. The molecule has 2 aliphatic rings. The second-order valence-electron chi connectivity index (χ2n) is 24.4. The molecule has 12 nitrogen and oxygen atoms in total. The fourth-order valence-electron chi connectivity index (χ4n) is 11.8. The van der Waals surface area contributed by atoms with Gasteiger partial charge in [0.25, 0.3) is 0 Å². The third-order valence-electron chi connectivity index (χ3n) is 17.4. The molecule has 0 N–H and O–H groups in total. The average Bonchev–Trinajstić information content (AvgIpc) is 0.718. The Morgan fingerprint density at radius 1 is 0.519 bits per heavy atom. The first-order chi connectivity index (χ1) is 60.2. The van der Waals surface area contributed by atoms with Crippen molar-refractivity contribution in [2.45, 2.75) is 112 Å². The minimum absolute atomic E-state index is 0.00439. The highest BCUT2D eigenvalue weighted by molar-refractivity contribution is 7.98. The Bertz CT molecular complexity index is 6070. The summed E-state index contributed by atoms with van der Waals surface area (Å²) in [4.78, 5) is 62.9. The summed E-state index contributed by atoms with van der Waals surface area (Å²) in [5.74, 6) is -8.80. The number of hydrogen-bond acceptors (Lipinski definition) is 10. The van der Waals surface area contributed by atoms with E-state index < -0.39 is 239 Å². The first-order valence-electron chi connectivity index (χ1n) is 44.7. The lowest BCUT2D eigenvalue weighted by Crippen LogP contribution is -2.48. The summed E-state index contributed by atoms with van der Waals surface area (Å²) >= 11 is 0.358. The lowest BCUT2D eigenvalue weighted by Gasteiger charge is -2.39. The zero-order chi connectivity index (χ0) is 96.3. The number of ether oxygens (including phenoxy) is 2. The number of carbonyl (C=O) groups is 2. The van der Waals surface area contributed by atoms with E-state index in [0.717, 1.165) is 52.3 Å². The number of methoxy groups -OCH3 is 2. The molecule has 24 heteroatoms. The van der Waals surface area contributed by atoms with Gasteiger partial charge in [-0.15, -0.1) is 23.5 Å². The highest BCUT2D eigenvalue weighted by atomic mass is 32.2. The van der Waals surface area contributed by atoms with Crippen LogP contribution < -0.4 is 10.9 Å². The van der Waals surface area contributed by atoms with Crippen LogP contribution in [0.25, 0.3) is 44.1 Å². The molecule has 0 aliphatic carbocycles. The van der Waals surface area contributed by atoms with Gasteiger partial charge in [0.1, 0.15) is 13.0 Å². The van der Waals surface area contributed by atoms with Crippen LogP contribution in [0.1, 0.15) is 103 Å². The summed E-state index contributed by atoms with van der Waals surface area (Å²) in [7, 11) is -5.79. The second-order valence-corrected chi connectivity index (χ2v) is 26.2. The Hall–Kier alpha value is -9.04. The van der Waals surface area contributed by atoms with Crippen molar-refractivity contribution in [2.24, 2.45) is 0 Å². The molecule has 4 heterocycles. The van der Waals surface area contributed by atoms with E-state index in [1.165, 1.54) is 72.2 Å². The molecule has 0 saturated carbocycles. The molecular formula is C82H80F10N6O6S2. The molecule has 12 rings (SSSR count). The molecular weight excluding hydrogens is 1420 g/mol. The number of piperidine rings is 2. The first-order valence-corrected chi connectivity index (χ1v) is 34.5. The van der Waals surface area contributed by atoms with E-state index in [1.807, 2.05) is 0 Å². The third-order valence-corrected chi connectivity index (χ3v) is 19.2. The normalized spacial score (nSPS) is 18.4. The van der Waals surface area contributed by atoms with Gasteiger partial charge >= 0.3 is 12.4 Å². The summed E-state index contributed by atoms with van der Waals surface area (Å²) in [6.45, 7) is -11.7. The minimum Gasteiger partial charge on any atom is -0.383 e. The predicted octanol–water partition coefficient (Wildman–Crippen LogP) is 17.4. The van der Waals surface area contributed by atoms with E-state index in [9.17, 15) is 54.6 Å². The number of nitrogens with zero attached hydrogens (tertiary/aromatic N) is 6. The molecule has 8 aromatic carbocycles. The molecule has 556 valence electrons. The quantitative estimate of drug-likeness (QED) is 0.0428. The monoisotopic (exact) mass is 1520 g/mol. The number of hydrogen-bond donors (Lipinski definition) is 0. The number of alkyl halides is 6. The van der Waals surface area contributed by atoms with Crippen LogP contribution in [0.4, 0.5) is 43.9 Å². The summed E-state index contributed by atoms with van der Waals surface area (Å²) in [5, 5.41) is -2.94. The number of fused-ring (bicyclic) bond motifs is 2. The summed E-state index contributed by atoms with van der Waals surface area (Å²) < 4.78 is 353. The van der Waals surface area contributed by atoms with Crippen molar-refractivity contribution in [3.05, 3.63) is 270 Å². The van der Waals surface area contributed by atoms with Gasteiger partial charge in [0, 0.05) is 132 Å². The highest BCUT2D eigenvalue weighted by Crippen LogP contribution is 2.36. The zero-order valence-electron chi connectivity index (χ0n) is 80.3. The van der Waals surface area contributed by atoms with Crippen LogP contribution in [0.15, 0.2) is 201 Å². The number of aromatic nitrogens is 2. The van der Waals surface area contributed by atoms with Crippen molar-refractivity contribution in [2.75, 3.05) is 66.5 Å². The van der Waals surface area contributed by atoms with E-state index in [1.54, 1.807) is 36.4 Å². The van der Waals surface area contributed by atoms with E-state index in [2.05, 4.69) is 0 Å². The molecule has 0 radical (unpaired) electrons. The summed E-state index contributed by atoms with van der Waals surface area (Å²) in [6, 6.07) is 19.0. The van der Waals surface area contributed by atoms with Crippen LogP contribution >= 0.6 is 23.5 Å². The lowest BCUT2D eigenvalue weighted by molar-refractivity contribution is -0.138. The van der Waals surface area contributed by atoms with Gasteiger partial charge < -0.3 is 38.2 Å². The molecule has 106 heavy (non-hydrogen) atoms. The van der Waals surface area contributed by atoms with Crippen molar-refractivity contribution in [1.82, 2.24) is 28.7 Å². The highest BCUT2D eigenvalue weighted by Gasteiger charge is 2.34. The molecule has 10 aromatic rings. The molecule has 0 atom stereocenters. The van der Waals surface area contributed by atoms with E-state index in [0.29, 0.717) is 60.3 Å². The van der Waals surface area contributed by atoms with Crippen LogP contribution in [0.2, 0.25) is 0 Å². The molecule has 0 bridgehead atoms. The Kier molecular flexibility index (Phi) is 17.2. The average molecular weight is 1520 g/mol. The van der Waals surface area contributed by atoms with Gasteiger partial charge in [-0.05, 0) is 133 Å². The largest absolute Gasteiger partial charge is 0.416 e. The van der Waals surface area contributed by atoms with Crippen molar-refractivity contribution < 1.29 is 95.9 Å². The Morgan fingerprint density at radius 2 is 0.896 bits per heavy atom. The van der Waals surface area contributed by atoms with Crippen molar-refractivity contribution >= 4 is 57.1 Å². The molecule has 2 fully saturated rings. The van der Waals surface area contributed by atoms with Crippen LogP contribution in [0, 0.1) is 37.1 Å². The molecule has 2 aromatic heterocycles. The molecule has 0 unspecified atom stereocenters. The molecule has 0 spiro atoms. The second kappa shape index (κ2) is 35.1. The van der Waals surface area contributed by atoms with Crippen LogP contribution in [-0.4, -0.2) is 119 Å². The smallest absolute Gasteiger partial charge is 0.383 e. The van der Waals surface area contributed by atoms with Crippen molar-refractivity contribution in [3.63, 3.8) is 0 Å². The SMILES string of the molecule is [2H]c1c(C)c([2H])c2c(=O)c([2H])c(SC([2H])([2H])c3cccc(F)c3F)n(C([2H])([2H])C(=O)N(Cc3ccc(-c4ccc(C(F)(F)F)cc4)cc3)C3CCN(C([2H])([2H])COC([2H])([2H])[2H])CC3)c2c1[2H].[2H]c1c(C)c([2H])c2c(=O)c([2H])c(SCc3cccc(F)c3F)n(C([2H])([2H])C(=O)N(Cc3ccc(-c4ccc(C(F)(F)F)cc4)cc3)C3CCN(C([2H])([2H])COC([2H])([2H])[2H])CC3)c2c1[2H]. The summed E-state index contributed by atoms with van der Waals surface area (Å²) in [6.07, 6.45) is -9.24. The number of thioether (sulfide) groups is 2. The van der Waals surface area contributed by atoms with Crippen LogP contribution in [0.3, 0.4) is 0 Å². The van der Waals surface area contributed by atoms with Gasteiger partial charge in [0.2, 0.25) is 11.8 Å². The van der Waals surface area contributed by atoms with Gasteiger partial charge in [0.05, 0.1) is 70.1 Å². The number of amides is 2. The number of carbonyl (C=O) groups excluding carboxylic acids is 2. The van der Waals surface area contributed by atoms with Gasteiger partial charge in [-0.1, -0.05) is 120 Å². The van der Waals surface area contributed by atoms with Gasteiger partial charge in [-0.25, -0.2) is 17.6 Å². The number of likely N-dealkylation sites (tertiary alicyclic amines) is 2. The van der Waals surface area contributed by atoms with E-state index in [-0.39, 0.29) is 86.9 Å². The maximum Gasteiger partial charge on any atom is 0.416 e. The first kappa shape index (κ1) is 52.1. The molecule has 2 saturated heterocycles. The van der Waals surface area contributed by atoms with Gasteiger partial charge in [-0.2, -0.15) is 26.3 Å². The maximum atomic E-state index is 15.2. The Labute approximate surface area is 650 Å². The standard InChI is InChI=1S/2C41H40F5N3O3S/c2*1-27-6-15-36-34(22-27)37(50)23-39(53-26-31-4-3-5-35(42)40(31)43)49(36)25-38(51)48(33-16-18-47(19-17-33)20-21-52-2)24-28-7-9-29(10-8-28)30-11-13-32(14-12-30)41(44,45)46/h2*3-15,22-23,33H,16-21,24-26H2,1-2H3/i2D3,6D,15D,20D2,22D,23D,25D2,26D2;2D3,6D,15D,20D2,22D,23D,25D2. The topological polar surface area (TPSA) is 110 Å². The zero-order valence-corrected chi connectivity index (χ0v) is 57.9. The van der Waals surface area contributed by atoms with Crippen molar-refractivity contribution in [3.8, 4) is 22.3 Å². The van der Waals surface area contributed by atoms with Crippen LogP contribution in [0.5, 0.6) is 0 Å². The van der Waals surface area contributed by atoms with Gasteiger partial charge in [0.15, 0.2) is 34.1 Å². The number of pyridine rings is 2. The van der Waals surface area contributed by atoms with Crippen LogP contribution in [-0.2, 0) is 69.0 Å². The predicted molar refractivity (Wildman–Crippen MR) is 395 cm³/mol.